The van der Waals surface area contributed by atoms with Crippen molar-refractivity contribution in [3.05, 3.63) is 71.3 Å². The number of nitrogen functional groups attached to an aromatic ring is 1. The first-order valence-electron chi connectivity index (χ1n) is 7.44. The van der Waals surface area contributed by atoms with Gasteiger partial charge in [0.25, 0.3) is 0 Å². The van der Waals surface area contributed by atoms with E-state index in [1.54, 1.807) is 0 Å². The van der Waals surface area contributed by atoms with Crippen molar-refractivity contribution >= 4 is 5.82 Å². The number of anilines is 1. The SMILES string of the molecule is Cc1cccc(-c2c(C)c(-c3ccccc3)nc(N)c2C#N)c1. The Kier molecular flexibility index (Phi) is 3.82. The van der Waals surface area contributed by atoms with Crippen LogP contribution in [-0.2, 0) is 0 Å². The van der Waals surface area contributed by atoms with E-state index in [1.165, 1.54) is 0 Å². The molecule has 0 saturated heterocycles. The molecule has 3 aromatic rings. The lowest BCUT2D eigenvalue weighted by Gasteiger charge is -2.15. The molecule has 0 bridgehead atoms. The number of benzene rings is 2. The molecule has 0 saturated carbocycles. The molecule has 3 heteroatoms. The fourth-order valence-corrected chi connectivity index (χ4v) is 2.85. The molecule has 1 heterocycles. The number of nitriles is 1. The number of aromatic nitrogens is 1. The second-order valence-corrected chi connectivity index (χ2v) is 5.57. The first-order chi connectivity index (χ1) is 11.1. The number of hydrogen-bond acceptors (Lipinski definition) is 3. The standard InChI is InChI=1S/C20H17N3/c1-13-7-6-10-16(11-13)18-14(2)19(15-8-4-3-5-9-15)23-20(22)17(18)12-21/h3-11H,1-2H3,(H2,22,23). The van der Waals surface area contributed by atoms with Gasteiger partial charge in [-0.05, 0) is 25.0 Å². The summed E-state index contributed by atoms with van der Waals surface area (Å²) in [4.78, 5) is 4.48. The Balaban J connectivity index is 2.34. The van der Waals surface area contributed by atoms with Crippen LogP contribution in [-0.4, -0.2) is 4.98 Å². The number of nitrogens with zero attached hydrogens (tertiary/aromatic N) is 2. The first kappa shape index (κ1) is 14.8. The smallest absolute Gasteiger partial charge is 0.142 e. The fraction of sp³-hybridized carbons (Fsp3) is 0.100. The van der Waals surface area contributed by atoms with E-state index in [2.05, 4.69) is 17.1 Å². The lowest BCUT2D eigenvalue weighted by molar-refractivity contribution is 1.26. The van der Waals surface area contributed by atoms with Crippen molar-refractivity contribution in [2.24, 2.45) is 0 Å². The molecule has 1 aromatic heterocycles. The summed E-state index contributed by atoms with van der Waals surface area (Å²) in [6, 6.07) is 20.2. The molecule has 0 amide bonds. The Morgan fingerprint density at radius 1 is 0.957 bits per heavy atom. The highest BCUT2D eigenvalue weighted by Crippen LogP contribution is 2.35. The molecule has 3 nitrogen and oxygen atoms in total. The van der Waals surface area contributed by atoms with Crippen molar-refractivity contribution in [1.29, 1.82) is 5.26 Å². The summed E-state index contributed by atoms with van der Waals surface area (Å²) in [5, 5.41) is 9.55. The maximum Gasteiger partial charge on any atom is 0.142 e. The van der Waals surface area contributed by atoms with E-state index in [0.717, 1.165) is 33.5 Å². The molecule has 0 radical (unpaired) electrons. The van der Waals surface area contributed by atoms with Gasteiger partial charge in [-0.15, -0.1) is 0 Å². The van der Waals surface area contributed by atoms with Crippen LogP contribution >= 0.6 is 0 Å². The third-order valence-electron chi connectivity index (χ3n) is 3.93. The molecule has 2 aromatic carbocycles. The fourth-order valence-electron chi connectivity index (χ4n) is 2.85. The molecule has 23 heavy (non-hydrogen) atoms. The van der Waals surface area contributed by atoms with Crippen molar-refractivity contribution < 1.29 is 0 Å². The average molecular weight is 299 g/mol. The predicted molar refractivity (Wildman–Crippen MR) is 93.7 cm³/mol. The van der Waals surface area contributed by atoms with Crippen LogP contribution < -0.4 is 5.73 Å². The summed E-state index contributed by atoms with van der Waals surface area (Å²) in [5.74, 6) is 0.272. The first-order valence-corrected chi connectivity index (χ1v) is 7.44. The van der Waals surface area contributed by atoms with Crippen LogP contribution in [0.1, 0.15) is 16.7 Å². The van der Waals surface area contributed by atoms with E-state index in [-0.39, 0.29) is 5.82 Å². The van der Waals surface area contributed by atoms with E-state index in [1.807, 2.05) is 62.4 Å². The minimum atomic E-state index is 0.272. The molecule has 0 aliphatic rings. The normalized spacial score (nSPS) is 10.3. The summed E-state index contributed by atoms with van der Waals surface area (Å²) in [7, 11) is 0. The lowest BCUT2D eigenvalue weighted by Crippen LogP contribution is -2.03. The van der Waals surface area contributed by atoms with Crippen LogP contribution in [0.25, 0.3) is 22.4 Å². The monoisotopic (exact) mass is 299 g/mol. The second kappa shape index (κ2) is 5.94. The van der Waals surface area contributed by atoms with Crippen LogP contribution in [0.4, 0.5) is 5.82 Å². The van der Waals surface area contributed by atoms with Crippen molar-refractivity contribution in [3.63, 3.8) is 0 Å². The van der Waals surface area contributed by atoms with Gasteiger partial charge in [-0.3, -0.25) is 0 Å². The van der Waals surface area contributed by atoms with Gasteiger partial charge in [0.2, 0.25) is 0 Å². The van der Waals surface area contributed by atoms with Gasteiger partial charge in [0.05, 0.1) is 5.69 Å². The maximum atomic E-state index is 9.55. The van der Waals surface area contributed by atoms with Crippen LogP contribution in [0.15, 0.2) is 54.6 Å². The van der Waals surface area contributed by atoms with E-state index < -0.39 is 0 Å². The van der Waals surface area contributed by atoms with Crippen LogP contribution in [0.5, 0.6) is 0 Å². The van der Waals surface area contributed by atoms with Crippen LogP contribution in [0, 0.1) is 25.2 Å². The highest BCUT2D eigenvalue weighted by Gasteiger charge is 2.18. The zero-order valence-corrected chi connectivity index (χ0v) is 13.2. The third kappa shape index (κ3) is 2.67. The Morgan fingerprint density at radius 3 is 2.30 bits per heavy atom. The number of hydrogen-bond donors (Lipinski definition) is 1. The summed E-state index contributed by atoms with van der Waals surface area (Å²) in [6.07, 6.45) is 0. The topological polar surface area (TPSA) is 62.7 Å². The zero-order chi connectivity index (χ0) is 16.4. The molecule has 2 N–H and O–H groups in total. The minimum Gasteiger partial charge on any atom is -0.383 e. The van der Waals surface area contributed by atoms with Gasteiger partial charge in [-0.25, -0.2) is 4.98 Å². The molecule has 0 aliphatic heterocycles. The predicted octanol–water partition coefficient (Wildman–Crippen LogP) is 4.49. The van der Waals surface area contributed by atoms with Gasteiger partial charge in [-0.1, -0.05) is 60.2 Å². The largest absolute Gasteiger partial charge is 0.383 e. The average Bonchev–Trinajstić information content (AvgIpc) is 2.57. The molecule has 0 fully saturated rings. The van der Waals surface area contributed by atoms with Crippen LogP contribution in [0.2, 0.25) is 0 Å². The van der Waals surface area contributed by atoms with E-state index >= 15 is 0 Å². The van der Waals surface area contributed by atoms with Gasteiger partial charge in [0.15, 0.2) is 0 Å². The number of aryl methyl sites for hydroxylation is 1. The van der Waals surface area contributed by atoms with Gasteiger partial charge in [-0.2, -0.15) is 5.26 Å². The highest BCUT2D eigenvalue weighted by molar-refractivity contribution is 5.84. The second-order valence-electron chi connectivity index (χ2n) is 5.57. The molecule has 0 aliphatic carbocycles. The Hall–Kier alpha value is -3.12. The molecule has 0 spiro atoms. The summed E-state index contributed by atoms with van der Waals surface area (Å²) in [5.41, 5.74) is 12.3. The number of nitrogens with two attached hydrogens (primary N) is 1. The molecule has 3 rings (SSSR count). The lowest BCUT2D eigenvalue weighted by atomic mass is 9.92. The molecular weight excluding hydrogens is 282 g/mol. The zero-order valence-electron chi connectivity index (χ0n) is 13.2. The minimum absolute atomic E-state index is 0.272. The molecule has 0 unspecified atom stereocenters. The van der Waals surface area contributed by atoms with Gasteiger partial charge >= 0.3 is 0 Å². The van der Waals surface area contributed by atoms with Crippen molar-refractivity contribution in [1.82, 2.24) is 4.98 Å². The van der Waals surface area contributed by atoms with E-state index in [0.29, 0.717) is 5.56 Å². The molecule has 112 valence electrons. The molecular formula is C20H17N3. The summed E-state index contributed by atoms with van der Waals surface area (Å²) in [6.45, 7) is 4.03. The Morgan fingerprint density at radius 2 is 1.65 bits per heavy atom. The van der Waals surface area contributed by atoms with Gasteiger partial charge < -0.3 is 5.73 Å². The highest BCUT2D eigenvalue weighted by atomic mass is 14.9. The van der Waals surface area contributed by atoms with Crippen LogP contribution in [0.3, 0.4) is 0 Å². The van der Waals surface area contributed by atoms with Crippen molar-refractivity contribution in [2.45, 2.75) is 13.8 Å². The maximum absolute atomic E-state index is 9.55. The van der Waals surface area contributed by atoms with E-state index in [4.69, 9.17) is 5.73 Å². The quantitative estimate of drug-likeness (QED) is 0.758. The number of rotatable bonds is 2. The van der Waals surface area contributed by atoms with Gasteiger partial charge in [0.1, 0.15) is 17.5 Å². The van der Waals surface area contributed by atoms with Gasteiger partial charge in [0, 0.05) is 11.1 Å². The summed E-state index contributed by atoms with van der Waals surface area (Å²) >= 11 is 0. The van der Waals surface area contributed by atoms with E-state index in [9.17, 15) is 5.26 Å². The summed E-state index contributed by atoms with van der Waals surface area (Å²) < 4.78 is 0. The Labute approximate surface area is 136 Å². The van der Waals surface area contributed by atoms with Crippen molar-refractivity contribution in [2.75, 3.05) is 5.73 Å². The third-order valence-corrected chi connectivity index (χ3v) is 3.93. The Bertz CT molecular complexity index is 906. The molecule has 0 atom stereocenters. The number of pyridine rings is 1. The van der Waals surface area contributed by atoms with Crippen molar-refractivity contribution in [3.8, 4) is 28.5 Å².